The lowest BCUT2D eigenvalue weighted by atomic mass is 9.88. The van der Waals surface area contributed by atoms with Crippen molar-refractivity contribution in [1.29, 1.82) is 0 Å². The van der Waals surface area contributed by atoms with E-state index in [0.717, 1.165) is 0 Å². The molecule has 18 heavy (non-hydrogen) atoms. The first-order valence-corrected chi connectivity index (χ1v) is 6.61. The molecule has 0 aromatic rings. The van der Waals surface area contributed by atoms with E-state index in [-0.39, 0.29) is 29.7 Å². The standard InChI is InChI=1S/C13H24N2O3/c1-8(2)11(7-14)12(16)15-5-4-10(13(17)18)6-9(15)3/h8-11H,4-7,14H2,1-3H3,(H,17,18). The molecule has 0 aliphatic carbocycles. The van der Waals surface area contributed by atoms with Crippen molar-refractivity contribution in [2.24, 2.45) is 23.5 Å². The third-order valence-electron chi connectivity index (χ3n) is 3.88. The van der Waals surface area contributed by atoms with Crippen molar-refractivity contribution < 1.29 is 14.7 Å². The summed E-state index contributed by atoms with van der Waals surface area (Å²) < 4.78 is 0. The van der Waals surface area contributed by atoms with Crippen molar-refractivity contribution in [3.05, 3.63) is 0 Å². The van der Waals surface area contributed by atoms with Gasteiger partial charge in [-0.15, -0.1) is 0 Å². The fourth-order valence-electron chi connectivity index (χ4n) is 2.59. The molecule has 3 unspecified atom stereocenters. The summed E-state index contributed by atoms with van der Waals surface area (Å²) in [5.41, 5.74) is 5.66. The van der Waals surface area contributed by atoms with Crippen LogP contribution in [0.1, 0.15) is 33.6 Å². The number of carboxylic acids is 1. The Bertz CT molecular complexity index is 317. The summed E-state index contributed by atoms with van der Waals surface area (Å²) in [7, 11) is 0. The molecule has 0 aromatic heterocycles. The third kappa shape index (κ3) is 3.22. The number of nitrogens with two attached hydrogens (primary N) is 1. The molecule has 1 amide bonds. The molecule has 1 aliphatic heterocycles. The molecule has 1 heterocycles. The Morgan fingerprint density at radius 1 is 1.44 bits per heavy atom. The first-order chi connectivity index (χ1) is 8.38. The van der Waals surface area contributed by atoms with Crippen LogP contribution in [0.25, 0.3) is 0 Å². The van der Waals surface area contributed by atoms with E-state index in [0.29, 0.717) is 25.9 Å². The molecule has 3 N–H and O–H groups in total. The molecule has 0 bridgehead atoms. The van der Waals surface area contributed by atoms with Crippen molar-refractivity contribution >= 4 is 11.9 Å². The fraction of sp³-hybridized carbons (Fsp3) is 0.846. The van der Waals surface area contributed by atoms with Gasteiger partial charge in [0.25, 0.3) is 0 Å². The van der Waals surface area contributed by atoms with Gasteiger partial charge in [0.2, 0.25) is 5.91 Å². The number of likely N-dealkylation sites (tertiary alicyclic amines) is 1. The molecule has 1 rings (SSSR count). The lowest BCUT2D eigenvalue weighted by molar-refractivity contribution is -0.149. The molecule has 0 saturated carbocycles. The molecular weight excluding hydrogens is 232 g/mol. The monoisotopic (exact) mass is 256 g/mol. The van der Waals surface area contributed by atoms with Crippen LogP contribution in [0.3, 0.4) is 0 Å². The SMILES string of the molecule is CC(C)C(CN)C(=O)N1CCC(C(=O)O)CC1C. The summed E-state index contributed by atoms with van der Waals surface area (Å²) in [4.78, 5) is 25.1. The minimum absolute atomic E-state index is 0.0138. The van der Waals surface area contributed by atoms with Crippen LogP contribution < -0.4 is 5.73 Å². The maximum atomic E-state index is 12.4. The molecular formula is C13H24N2O3. The summed E-state index contributed by atoms with van der Waals surface area (Å²) in [6.45, 7) is 6.78. The smallest absolute Gasteiger partial charge is 0.306 e. The average Bonchev–Trinajstić information content (AvgIpc) is 2.28. The zero-order valence-corrected chi connectivity index (χ0v) is 11.4. The van der Waals surface area contributed by atoms with Gasteiger partial charge in [-0.25, -0.2) is 0 Å². The van der Waals surface area contributed by atoms with Crippen LogP contribution in [0, 0.1) is 17.8 Å². The van der Waals surface area contributed by atoms with E-state index in [2.05, 4.69) is 0 Å². The Kier molecular flexibility index (Phi) is 5.14. The van der Waals surface area contributed by atoms with Gasteiger partial charge in [0.05, 0.1) is 11.8 Å². The minimum Gasteiger partial charge on any atom is -0.481 e. The van der Waals surface area contributed by atoms with Gasteiger partial charge in [0.15, 0.2) is 0 Å². The first kappa shape index (κ1) is 15.0. The second kappa shape index (κ2) is 6.18. The first-order valence-electron chi connectivity index (χ1n) is 6.61. The maximum Gasteiger partial charge on any atom is 0.306 e. The Morgan fingerprint density at radius 2 is 2.06 bits per heavy atom. The largest absolute Gasteiger partial charge is 0.481 e. The lowest BCUT2D eigenvalue weighted by Gasteiger charge is -2.38. The number of hydrogen-bond donors (Lipinski definition) is 2. The molecule has 5 nitrogen and oxygen atoms in total. The second-order valence-electron chi connectivity index (χ2n) is 5.53. The average molecular weight is 256 g/mol. The summed E-state index contributed by atoms with van der Waals surface area (Å²) in [5.74, 6) is -0.947. The van der Waals surface area contributed by atoms with Gasteiger partial charge >= 0.3 is 5.97 Å². The number of hydrogen-bond acceptors (Lipinski definition) is 3. The Morgan fingerprint density at radius 3 is 2.44 bits per heavy atom. The van der Waals surface area contributed by atoms with Gasteiger partial charge in [0.1, 0.15) is 0 Å². The number of aliphatic carboxylic acids is 1. The van der Waals surface area contributed by atoms with Crippen molar-refractivity contribution in [1.82, 2.24) is 4.90 Å². The fourth-order valence-corrected chi connectivity index (χ4v) is 2.59. The van der Waals surface area contributed by atoms with Gasteiger partial charge in [-0.1, -0.05) is 13.8 Å². The number of carbonyl (C=O) groups is 2. The summed E-state index contributed by atoms with van der Waals surface area (Å²) in [6.07, 6.45) is 1.08. The van der Waals surface area contributed by atoms with E-state index in [1.165, 1.54) is 0 Å². The van der Waals surface area contributed by atoms with E-state index in [4.69, 9.17) is 10.8 Å². The van der Waals surface area contributed by atoms with Crippen LogP contribution >= 0.6 is 0 Å². The maximum absolute atomic E-state index is 12.4. The molecule has 1 aliphatic rings. The number of amides is 1. The molecule has 0 aromatic carbocycles. The predicted molar refractivity (Wildman–Crippen MR) is 68.9 cm³/mol. The normalized spacial score (nSPS) is 26.2. The highest BCUT2D eigenvalue weighted by molar-refractivity contribution is 5.80. The van der Waals surface area contributed by atoms with Gasteiger partial charge in [-0.3, -0.25) is 9.59 Å². The van der Waals surface area contributed by atoms with Gasteiger partial charge in [-0.05, 0) is 25.7 Å². The van der Waals surface area contributed by atoms with Crippen LogP contribution in [0.5, 0.6) is 0 Å². The van der Waals surface area contributed by atoms with Gasteiger partial charge in [0, 0.05) is 19.1 Å². The molecule has 3 atom stereocenters. The molecule has 1 fully saturated rings. The molecule has 5 heteroatoms. The van der Waals surface area contributed by atoms with E-state index in [1.54, 1.807) is 4.90 Å². The number of rotatable bonds is 4. The van der Waals surface area contributed by atoms with Crippen LogP contribution in [-0.2, 0) is 9.59 Å². The van der Waals surface area contributed by atoms with Crippen LogP contribution in [0.2, 0.25) is 0 Å². The van der Waals surface area contributed by atoms with Crippen molar-refractivity contribution in [2.75, 3.05) is 13.1 Å². The van der Waals surface area contributed by atoms with Gasteiger partial charge < -0.3 is 15.7 Å². The van der Waals surface area contributed by atoms with E-state index >= 15 is 0 Å². The minimum atomic E-state index is -0.756. The number of piperidine rings is 1. The Hall–Kier alpha value is -1.10. The molecule has 0 spiro atoms. The highest BCUT2D eigenvalue weighted by atomic mass is 16.4. The topological polar surface area (TPSA) is 83.6 Å². The Labute approximate surface area is 108 Å². The van der Waals surface area contributed by atoms with Crippen LogP contribution in [0.15, 0.2) is 0 Å². The van der Waals surface area contributed by atoms with E-state index in [9.17, 15) is 9.59 Å². The zero-order valence-electron chi connectivity index (χ0n) is 11.4. The van der Waals surface area contributed by atoms with Crippen molar-refractivity contribution in [3.63, 3.8) is 0 Å². The predicted octanol–water partition coefficient (Wildman–Crippen LogP) is 0.929. The van der Waals surface area contributed by atoms with Crippen molar-refractivity contribution in [2.45, 2.75) is 39.7 Å². The van der Waals surface area contributed by atoms with Crippen molar-refractivity contribution in [3.8, 4) is 0 Å². The quantitative estimate of drug-likeness (QED) is 0.783. The number of nitrogens with zero attached hydrogens (tertiary/aromatic N) is 1. The molecule has 0 radical (unpaired) electrons. The lowest BCUT2D eigenvalue weighted by Crippen LogP contribution is -2.50. The van der Waals surface area contributed by atoms with Crippen LogP contribution in [-0.4, -0.2) is 41.0 Å². The summed E-state index contributed by atoms with van der Waals surface area (Å²) in [5, 5.41) is 9.00. The highest BCUT2D eigenvalue weighted by Gasteiger charge is 2.35. The van der Waals surface area contributed by atoms with E-state index < -0.39 is 5.97 Å². The number of carboxylic acid groups (broad SMARTS) is 1. The molecule has 104 valence electrons. The van der Waals surface area contributed by atoms with Crippen LogP contribution in [0.4, 0.5) is 0 Å². The third-order valence-corrected chi connectivity index (χ3v) is 3.88. The second-order valence-corrected chi connectivity index (χ2v) is 5.53. The summed E-state index contributed by atoms with van der Waals surface area (Å²) >= 11 is 0. The van der Waals surface area contributed by atoms with Gasteiger partial charge in [-0.2, -0.15) is 0 Å². The molecule has 1 saturated heterocycles. The van der Waals surface area contributed by atoms with E-state index in [1.807, 2.05) is 20.8 Å². The number of carbonyl (C=O) groups excluding carboxylic acids is 1. The summed E-state index contributed by atoms with van der Waals surface area (Å²) in [6, 6.07) is -0.0138. The highest BCUT2D eigenvalue weighted by Crippen LogP contribution is 2.25. The Balaban J connectivity index is 2.68. The zero-order chi connectivity index (χ0) is 13.9.